The van der Waals surface area contributed by atoms with Crippen molar-refractivity contribution in [2.45, 2.75) is 75.9 Å². The van der Waals surface area contributed by atoms with Crippen LogP contribution in [0.4, 0.5) is 5.69 Å². The number of amides is 2. The summed E-state index contributed by atoms with van der Waals surface area (Å²) in [4.78, 5) is 30.0. The topological polar surface area (TPSA) is 88.5 Å². The number of fused-ring (bicyclic) bond motifs is 1. The number of aliphatic hydroxyl groups excluding tert-OH is 1. The minimum atomic E-state index is -2.32. The lowest BCUT2D eigenvalue weighted by atomic mass is 9.86. The Morgan fingerprint density at radius 3 is 2.51 bits per heavy atom. The first-order chi connectivity index (χ1) is 19.7. The van der Waals surface area contributed by atoms with Crippen LogP contribution in [0.1, 0.15) is 50.7 Å². The molecular formula is C32H44N2O6Si. The molecule has 0 spiro atoms. The van der Waals surface area contributed by atoms with E-state index in [1.165, 1.54) is 5.19 Å². The lowest BCUT2D eigenvalue weighted by molar-refractivity contribution is -0.133. The molecule has 5 atom stereocenters. The molecule has 0 aromatic heterocycles. The number of benzene rings is 2. The summed E-state index contributed by atoms with van der Waals surface area (Å²) >= 11 is 0. The van der Waals surface area contributed by atoms with Crippen LogP contribution in [-0.2, 0) is 14.3 Å². The quantitative estimate of drug-likeness (QED) is 0.446. The normalized spacial score (nSPS) is 25.2. The van der Waals surface area contributed by atoms with Crippen molar-refractivity contribution in [3.8, 4) is 11.5 Å². The van der Waals surface area contributed by atoms with Gasteiger partial charge in [0.1, 0.15) is 17.6 Å². The van der Waals surface area contributed by atoms with Crippen molar-refractivity contribution in [2.24, 2.45) is 5.92 Å². The van der Waals surface area contributed by atoms with Crippen LogP contribution >= 0.6 is 0 Å². The first-order valence-electron chi connectivity index (χ1n) is 14.9. The smallest absolute Gasteiger partial charge is 0.227 e. The summed E-state index contributed by atoms with van der Waals surface area (Å²) in [6, 6.07) is 14.1. The predicted molar refractivity (Wildman–Crippen MR) is 162 cm³/mol. The molecule has 3 aliphatic rings. The molecule has 2 aromatic rings. The van der Waals surface area contributed by atoms with Gasteiger partial charge in [-0.3, -0.25) is 9.59 Å². The number of carbonyl (C=O) groups is 2. The fraction of sp³-hybridized carbons (Fsp3) is 0.562. The fourth-order valence-corrected chi connectivity index (χ4v) is 10.5. The lowest BCUT2D eigenvalue weighted by Gasteiger charge is -2.46. The number of nitrogens with zero attached hydrogens (tertiary/aromatic N) is 2. The summed E-state index contributed by atoms with van der Waals surface area (Å²) < 4.78 is 18.4. The van der Waals surface area contributed by atoms with Gasteiger partial charge < -0.3 is 29.1 Å². The molecule has 2 saturated heterocycles. The van der Waals surface area contributed by atoms with Crippen LogP contribution in [-0.4, -0.2) is 76.0 Å². The second kappa shape index (κ2) is 12.2. The molecule has 2 fully saturated rings. The van der Waals surface area contributed by atoms with Crippen molar-refractivity contribution in [1.29, 1.82) is 0 Å². The predicted octanol–water partition coefficient (Wildman–Crippen LogP) is 4.27. The summed E-state index contributed by atoms with van der Waals surface area (Å²) in [6.45, 7) is 8.19. The van der Waals surface area contributed by atoms with Crippen molar-refractivity contribution in [3.63, 3.8) is 0 Å². The van der Waals surface area contributed by atoms with Gasteiger partial charge >= 0.3 is 0 Å². The number of anilines is 1. The molecule has 222 valence electrons. The van der Waals surface area contributed by atoms with Gasteiger partial charge in [-0.05, 0) is 49.6 Å². The van der Waals surface area contributed by atoms with Gasteiger partial charge in [0.25, 0.3) is 0 Å². The molecule has 1 N–H and O–H groups in total. The van der Waals surface area contributed by atoms with E-state index in [1.807, 2.05) is 40.1 Å². The number of rotatable bonds is 9. The van der Waals surface area contributed by atoms with E-state index in [2.05, 4.69) is 32.2 Å². The Morgan fingerprint density at radius 2 is 1.88 bits per heavy atom. The van der Waals surface area contributed by atoms with Crippen LogP contribution in [0.5, 0.6) is 11.5 Å². The Bertz CT molecular complexity index is 1250. The van der Waals surface area contributed by atoms with Crippen molar-refractivity contribution in [1.82, 2.24) is 4.90 Å². The van der Waals surface area contributed by atoms with Gasteiger partial charge in [0.2, 0.25) is 11.8 Å². The zero-order chi connectivity index (χ0) is 29.3. The zero-order valence-corrected chi connectivity index (χ0v) is 26.0. The number of aliphatic hydroxyl groups is 1. The van der Waals surface area contributed by atoms with E-state index < -0.39 is 8.07 Å². The third-order valence-corrected chi connectivity index (χ3v) is 13.9. The minimum Gasteiger partial charge on any atom is -0.497 e. The van der Waals surface area contributed by atoms with E-state index in [-0.39, 0.29) is 48.1 Å². The zero-order valence-electron chi connectivity index (χ0n) is 25.0. The largest absolute Gasteiger partial charge is 0.497 e. The molecule has 9 heteroatoms. The highest BCUT2D eigenvalue weighted by atomic mass is 28.3. The second-order valence-electron chi connectivity index (χ2n) is 12.3. The van der Waals surface area contributed by atoms with Gasteiger partial charge in [0, 0.05) is 55.8 Å². The van der Waals surface area contributed by atoms with E-state index >= 15 is 0 Å². The second-order valence-corrected chi connectivity index (χ2v) is 17.1. The number of hydrogen-bond donors (Lipinski definition) is 1. The van der Waals surface area contributed by atoms with Crippen molar-refractivity contribution >= 4 is 30.8 Å². The van der Waals surface area contributed by atoms with Crippen LogP contribution in [0.3, 0.4) is 0 Å². The van der Waals surface area contributed by atoms with E-state index in [0.717, 1.165) is 48.6 Å². The monoisotopic (exact) mass is 580 g/mol. The van der Waals surface area contributed by atoms with E-state index in [4.69, 9.17) is 14.2 Å². The van der Waals surface area contributed by atoms with Gasteiger partial charge in [-0.2, -0.15) is 0 Å². The van der Waals surface area contributed by atoms with Crippen LogP contribution in [0.25, 0.3) is 0 Å². The Balaban J connectivity index is 1.51. The molecule has 5 rings (SSSR count). The van der Waals surface area contributed by atoms with E-state index in [9.17, 15) is 14.7 Å². The summed E-state index contributed by atoms with van der Waals surface area (Å²) in [5.41, 5.74) is 1.78. The average Bonchev–Trinajstić information content (AvgIpc) is 3.64. The Hall–Kier alpha value is -2.88. The van der Waals surface area contributed by atoms with Crippen LogP contribution < -0.4 is 19.6 Å². The maximum absolute atomic E-state index is 13.9. The molecule has 1 unspecified atom stereocenters. The maximum Gasteiger partial charge on any atom is 0.227 e. The summed E-state index contributed by atoms with van der Waals surface area (Å²) in [6.07, 6.45) is 3.05. The number of hydrogen-bond acceptors (Lipinski definition) is 6. The average molecular weight is 581 g/mol. The third-order valence-electron chi connectivity index (χ3n) is 9.66. The first kappa shape index (κ1) is 29.6. The molecule has 2 amide bonds. The molecule has 0 aliphatic carbocycles. The molecule has 0 saturated carbocycles. The van der Waals surface area contributed by atoms with Crippen LogP contribution in [0.2, 0.25) is 18.6 Å². The van der Waals surface area contributed by atoms with Gasteiger partial charge in [-0.15, -0.1) is 0 Å². The van der Waals surface area contributed by atoms with Crippen molar-refractivity contribution < 1.29 is 28.9 Å². The molecule has 0 bridgehead atoms. The van der Waals surface area contributed by atoms with Gasteiger partial charge in [0.05, 0.1) is 33.9 Å². The highest BCUT2D eigenvalue weighted by Crippen LogP contribution is 2.48. The fourth-order valence-electron chi connectivity index (χ4n) is 7.13. The maximum atomic E-state index is 13.9. The number of ether oxygens (including phenoxy) is 3. The highest BCUT2D eigenvalue weighted by Gasteiger charge is 2.49. The minimum absolute atomic E-state index is 0.00693. The first-order valence-corrected chi connectivity index (χ1v) is 18.0. The Kier molecular flexibility index (Phi) is 8.78. The van der Waals surface area contributed by atoms with Crippen LogP contribution in [0.15, 0.2) is 42.5 Å². The SMILES string of the molecule is COc1ccc([Si](C)(C)C(CC(=O)N2CCC[C@H]2CO)[C@H]2Oc3ccc(N4CCCC4=O)cc3[C@@H](OC)[C@@H]2C)cc1. The van der Waals surface area contributed by atoms with E-state index in [1.54, 1.807) is 14.2 Å². The molecule has 41 heavy (non-hydrogen) atoms. The van der Waals surface area contributed by atoms with Crippen molar-refractivity contribution in [3.05, 3.63) is 48.0 Å². The van der Waals surface area contributed by atoms with Crippen molar-refractivity contribution in [2.75, 3.05) is 38.8 Å². The number of methoxy groups -OCH3 is 2. The summed E-state index contributed by atoms with van der Waals surface area (Å²) in [5.74, 6) is 1.75. The molecule has 3 heterocycles. The summed E-state index contributed by atoms with van der Waals surface area (Å²) in [7, 11) is 1.07. The molecule has 8 nitrogen and oxygen atoms in total. The third kappa shape index (κ3) is 5.64. The molecule has 0 radical (unpaired) electrons. The van der Waals surface area contributed by atoms with Gasteiger partial charge in [-0.1, -0.05) is 37.3 Å². The Labute approximate surface area is 244 Å². The number of carbonyl (C=O) groups excluding carboxylic acids is 2. The van der Waals surface area contributed by atoms with E-state index in [0.29, 0.717) is 19.4 Å². The molecular weight excluding hydrogens is 536 g/mol. The molecule has 2 aromatic carbocycles. The Morgan fingerprint density at radius 1 is 1.12 bits per heavy atom. The van der Waals surface area contributed by atoms with Gasteiger partial charge in [-0.25, -0.2) is 0 Å². The highest BCUT2D eigenvalue weighted by molar-refractivity contribution is 6.91. The van der Waals surface area contributed by atoms with Gasteiger partial charge in [0.15, 0.2) is 0 Å². The summed E-state index contributed by atoms with van der Waals surface area (Å²) in [5, 5.41) is 11.2. The lowest BCUT2D eigenvalue weighted by Crippen LogP contribution is -2.55. The standard InChI is InChI=1S/C32H44N2O6Si/c1-21-31(39-3)26-18-22(33-17-7-9-29(33)36)10-15-27(26)40-32(21)28(19-30(37)34-16-6-8-23(34)20-35)41(4,5)25-13-11-24(38-2)12-14-25/h10-15,18,21,23,28,31-32,35H,6-9,16-17,19-20H2,1-5H3/t21-,23-,28?,31-,32-/m0/s1. The molecule has 3 aliphatic heterocycles. The van der Waals surface area contributed by atoms with Crippen LogP contribution in [0, 0.1) is 5.92 Å². The number of likely N-dealkylation sites (tertiary alicyclic amines) is 1.